The molecule has 0 heterocycles. The van der Waals surface area contributed by atoms with E-state index in [0.717, 1.165) is 3.57 Å². The highest BCUT2D eigenvalue weighted by Gasteiger charge is 2.14. The molecule has 0 saturated heterocycles. The maximum atomic E-state index is 12.2. The molecule has 0 fully saturated rings. The van der Waals surface area contributed by atoms with Crippen LogP contribution in [0.2, 0.25) is 0 Å². The number of amides is 1. The third-order valence-corrected chi connectivity index (χ3v) is 3.52. The molecule has 1 rings (SSSR count). The Morgan fingerprint density at radius 3 is 2.30 bits per heavy atom. The van der Waals surface area contributed by atoms with Gasteiger partial charge in [-0.2, -0.15) is 0 Å². The van der Waals surface area contributed by atoms with Crippen molar-refractivity contribution in [3.05, 3.63) is 33.4 Å². The van der Waals surface area contributed by atoms with Gasteiger partial charge in [0.2, 0.25) is 5.91 Å². The van der Waals surface area contributed by atoms with Crippen molar-refractivity contribution in [1.29, 1.82) is 0 Å². The zero-order valence-electron chi connectivity index (χ0n) is 12.1. The van der Waals surface area contributed by atoms with E-state index < -0.39 is 0 Å². The van der Waals surface area contributed by atoms with Gasteiger partial charge < -0.3 is 5.32 Å². The van der Waals surface area contributed by atoms with Gasteiger partial charge >= 0.3 is 0 Å². The number of Topliss-reactive ketones (excluding diaryl/α,β-unsaturated/α-hetero) is 1. The van der Waals surface area contributed by atoms with Crippen LogP contribution in [0.1, 0.15) is 31.1 Å². The zero-order chi connectivity index (χ0) is 15.1. The molecule has 20 heavy (non-hydrogen) atoms. The number of nitrogens with one attached hydrogen (secondary N) is 1. The third kappa shape index (κ3) is 6.00. The molecule has 0 aromatic heterocycles. The SMILES string of the molecule is CCN(CC(=O)NC(C)C)CC(=O)c1ccc(I)cc1. The van der Waals surface area contributed by atoms with Crippen LogP contribution in [0.15, 0.2) is 24.3 Å². The number of likely N-dealkylation sites (N-methyl/N-ethyl adjacent to an activating group) is 1. The fraction of sp³-hybridized carbons (Fsp3) is 0.467. The van der Waals surface area contributed by atoms with Crippen molar-refractivity contribution in [2.24, 2.45) is 0 Å². The average molecular weight is 388 g/mol. The topological polar surface area (TPSA) is 49.4 Å². The molecule has 0 radical (unpaired) electrons. The number of carbonyl (C=O) groups is 2. The van der Waals surface area contributed by atoms with Gasteiger partial charge in [-0.05, 0) is 55.1 Å². The van der Waals surface area contributed by atoms with Crippen LogP contribution in [0.25, 0.3) is 0 Å². The first-order valence-electron chi connectivity index (χ1n) is 6.72. The second-order valence-corrected chi connectivity index (χ2v) is 6.20. The number of hydrogen-bond acceptors (Lipinski definition) is 3. The number of benzene rings is 1. The Bertz CT molecular complexity index is 457. The number of halogens is 1. The van der Waals surface area contributed by atoms with Crippen molar-refractivity contribution in [2.75, 3.05) is 19.6 Å². The first kappa shape index (κ1) is 17.1. The van der Waals surface area contributed by atoms with E-state index in [1.807, 2.05) is 49.9 Å². The summed E-state index contributed by atoms with van der Waals surface area (Å²) in [4.78, 5) is 25.7. The van der Waals surface area contributed by atoms with E-state index in [-0.39, 0.29) is 30.8 Å². The summed E-state index contributed by atoms with van der Waals surface area (Å²) in [6, 6.07) is 7.59. The quantitative estimate of drug-likeness (QED) is 0.576. The van der Waals surface area contributed by atoms with E-state index in [2.05, 4.69) is 27.9 Å². The van der Waals surface area contributed by atoms with Crippen LogP contribution in [0, 0.1) is 3.57 Å². The van der Waals surface area contributed by atoms with E-state index in [4.69, 9.17) is 0 Å². The summed E-state index contributed by atoms with van der Waals surface area (Å²) in [7, 11) is 0. The maximum Gasteiger partial charge on any atom is 0.234 e. The molecular formula is C15H21IN2O2. The van der Waals surface area contributed by atoms with Crippen molar-refractivity contribution in [3.8, 4) is 0 Å². The molecule has 0 aliphatic carbocycles. The summed E-state index contributed by atoms with van der Waals surface area (Å²) in [5, 5.41) is 2.84. The summed E-state index contributed by atoms with van der Waals surface area (Å²) < 4.78 is 1.10. The molecule has 1 N–H and O–H groups in total. The molecule has 4 nitrogen and oxygen atoms in total. The van der Waals surface area contributed by atoms with Crippen LogP contribution in [0.5, 0.6) is 0 Å². The van der Waals surface area contributed by atoms with Crippen LogP contribution >= 0.6 is 22.6 Å². The van der Waals surface area contributed by atoms with Gasteiger partial charge in [0.25, 0.3) is 0 Å². The first-order chi connectivity index (χ1) is 9.42. The van der Waals surface area contributed by atoms with E-state index in [9.17, 15) is 9.59 Å². The van der Waals surface area contributed by atoms with Crippen molar-refractivity contribution >= 4 is 34.3 Å². The van der Waals surface area contributed by atoms with Gasteiger partial charge in [-0.15, -0.1) is 0 Å². The standard InChI is InChI=1S/C15H21IN2O2/c1-4-18(10-15(20)17-11(2)3)9-14(19)12-5-7-13(16)8-6-12/h5-8,11H,4,9-10H2,1-3H3,(H,17,20). The lowest BCUT2D eigenvalue weighted by Crippen LogP contribution is -2.41. The Kier molecular flexibility index (Phi) is 7.15. The van der Waals surface area contributed by atoms with Crippen LogP contribution < -0.4 is 5.32 Å². The minimum absolute atomic E-state index is 0.0422. The van der Waals surface area contributed by atoms with Gasteiger partial charge in [-0.1, -0.05) is 19.1 Å². The smallest absolute Gasteiger partial charge is 0.234 e. The zero-order valence-corrected chi connectivity index (χ0v) is 14.3. The molecule has 0 saturated carbocycles. The maximum absolute atomic E-state index is 12.2. The Morgan fingerprint density at radius 2 is 1.80 bits per heavy atom. The van der Waals surface area contributed by atoms with Gasteiger partial charge in [-0.25, -0.2) is 0 Å². The Labute approximate surface area is 134 Å². The highest BCUT2D eigenvalue weighted by molar-refractivity contribution is 14.1. The number of carbonyl (C=O) groups excluding carboxylic acids is 2. The van der Waals surface area contributed by atoms with Crippen molar-refractivity contribution in [2.45, 2.75) is 26.8 Å². The fourth-order valence-corrected chi connectivity index (χ4v) is 2.14. The van der Waals surface area contributed by atoms with Crippen LogP contribution in [-0.2, 0) is 4.79 Å². The summed E-state index contributed by atoms with van der Waals surface area (Å²) in [6.45, 7) is 6.98. The number of nitrogens with zero attached hydrogens (tertiary/aromatic N) is 1. The molecule has 0 spiro atoms. The molecule has 1 amide bonds. The average Bonchev–Trinajstić information content (AvgIpc) is 2.37. The van der Waals surface area contributed by atoms with Crippen LogP contribution in [0.4, 0.5) is 0 Å². The molecule has 0 atom stereocenters. The fourth-order valence-electron chi connectivity index (χ4n) is 1.78. The normalized spacial score (nSPS) is 10.9. The van der Waals surface area contributed by atoms with Gasteiger partial charge in [0.05, 0.1) is 13.1 Å². The predicted octanol–water partition coefficient (Wildman–Crippen LogP) is 2.32. The molecular weight excluding hydrogens is 367 g/mol. The van der Waals surface area contributed by atoms with Crippen LogP contribution in [0.3, 0.4) is 0 Å². The number of rotatable bonds is 7. The van der Waals surface area contributed by atoms with E-state index >= 15 is 0 Å². The summed E-state index contributed by atoms with van der Waals surface area (Å²) in [5.41, 5.74) is 0.688. The summed E-state index contributed by atoms with van der Waals surface area (Å²) in [6.07, 6.45) is 0. The van der Waals surface area contributed by atoms with Gasteiger partial charge in [0.1, 0.15) is 0 Å². The lowest BCUT2D eigenvalue weighted by molar-refractivity contribution is -0.122. The highest BCUT2D eigenvalue weighted by atomic mass is 127. The van der Waals surface area contributed by atoms with Crippen molar-refractivity contribution < 1.29 is 9.59 Å². The van der Waals surface area contributed by atoms with Gasteiger partial charge in [-0.3, -0.25) is 14.5 Å². The molecule has 0 unspecified atom stereocenters. The number of ketones is 1. The Hall–Kier alpha value is -0.950. The molecule has 1 aromatic rings. The molecule has 1 aromatic carbocycles. The van der Waals surface area contributed by atoms with E-state index in [1.54, 1.807) is 0 Å². The highest BCUT2D eigenvalue weighted by Crippen LogP contribution is 2.08. The van der Waals surface area contributed by atoms with E-state index in [1.165, 1.54) is 0 Å². The lowest BCUT2D eigenvalue weighted by atomic mass is 10.1. The molecule has 0 bridgehead atoms. The van der Waals surface area contributed by atoms with Gasteiger partial charge in [0.15, 0.2) is 5.78 Å². The minimum atomic E-state index is -0.0442. The molecule has 0 aliphatic rings. The monoisotopic (exact) mass is 388 g/mol. The second kappa shape index (κ2) is 8.36. The van der Waals surface area contributed by atoms with Crippen LogP contribution in [-0.4, -0.2) is 42.3 Å². The van der Waals surface area contributed by atoms with E-state index in [0.29, 0.717) is 12.1 Å². The molecule has 0 aliphatic heterocycles. The van der Waals surface area contributed by atoms with Crippen molar-refractivity contribution in [1.82, 2.24) is 10.2 Å². The Balaban J connectivity index is 2.57. The summed E-state index contributed by atoms with van der Waals surface area (Å²) >= 11 is 2.21. The second-order valence-electron chi connectivity index (χ2n) is 4.96. The molecule has 110 valence electrons. The summed E-state index contributed by atoms with van der Waals surface area (Å²) in [5.74, 6) is -0.00198. The number of hydrogen-bond donors (Lipinski definition) is 1. The van der Waals surface area contributed by atoms with Crippen molar-refractivity contribution in [3.63, 3.8) is 0 Å². The first-order valence-corrected chi connectivity index (χ1v) is 7.80. The van der Waals surface area contributed by atoms with Gasteiger partial charge in [0, 0.05) is 15.2 Å². The Morgan fingerprint density at radius 1 is 1.20 bits per heavy atom. The lowest BCUT2D eigenvalue weighted by Gasteiger charge is -2.20. The molecule has 5 heteroatoms. The minimum Gasteiger partial charge on any atom is -0.353 e. The predicted molar refractivity (Wildman–Crippen MR) is 88.9 cm³/mol. The third-order valence-electron chi connectivity index (χ3n) is 2.80. The largest absolute Gasteiger partial charge is 0.353 e.